The number of rotatable bonds is 2. The van der Waals surface area contributed by atoms with Gasteiger partial charge in [0.25, 0.3) is 0 Å². The fourth-order valence-corrected chi connectivity index (χ4v) is 2.07. The van der Waals surface area contributed by atoms with Crippen LogP contribution in [-0.2, 0) is 0 Å². The fraction of sp³-hybridized carbons (Fsp3) is 0.222. The van der Waals surface area contributed by atoms with Crippen LogP contribution < -0.4 is 5.43 Å². The van der Waals surface area contributed by atoms with Crippen molar-refractivity contribution >= 4 is 26.7 Å². The molecule has 1 N–H and O–H groups in total. The Bertz CT molecular complexity index is 475. The van der Waals surface area contributed by atoms with E-state index in [4.69, 9.17) is 0 Å². The molecule has 0 saturated heterocycles. The molecule has 0 fully saturated rings. The van der Waals surface area contributed by atoms with Gasteiger partial charge in [0.05, 0.1) is 17.3 Å². The number of aromatic nitrogens is 1. The van der Waals surface area contributed by atoms with Gasteiger partial charge in [-0.15, -0.1) is 0 Å². The maximum atomic E-state index is 4.35. The first-order valence-corrected chi connectivity index (χ1v) is 5.03. The maximum absolute atomic E-state index is 4.35. The minimum atomic E-state index is 0.774. The van der Waals surface area contributed by atoms with Crippen molar-refractivity contribution in [1.82, 2.24) is 4.98 Å². The Balaban J connectivity index is 2.41. The van der Waals surface area contributed by atoms with Crippen LogP contribution in [0, 0.1) is 6.92 Å². The highest BCUT2D eigenvalue weighted by Crippen LogP contribution is 2.26. The van der Waals surface area contributed by atoms with Gasteiger partial charge in [-0.2, -0.15) is 5.11 Å². The molecule has 2 rings (SSSR count). The number of nitrogens with zero attached hydrogens (tertiary/aromatic N) is 3. The fourth-order valence-electron chi connectivity index (χ4n) is 1.17. The Morgan fingerprint density at radius 2 is 2.29 bits per heavy atom. The zero-order chi connectivity index (χ0) is 9.97. The molecule has 1 aromatic heterocycles. The molecular weight excluding hydrogens is 196 g/mol. The zero-order valence-corrected chi connectivity index (χ0v) is 8.80. The van der Waals surface area contributed by atoms with E-state index in [1.165, 1.54) is 10.3 Å². The first-order chi connectivity index (χ1) is 6.79. The van der Waals surface area contributed by atoms with Crippen LogP contribution in [0.3, 0.4) is 0 Å². The van der Waals surface area contributed by atoms with Gasteiger partial charge in [0.15, 0.2) is 0 Å². The number of thiazole rings is 1. The van der Waals surface area contributed by atoms with Gasteiger partial charge in [0, 0.05) is 0 Å². The van der Waals surface area contributed by atoms with Crippen LogP contribution in [0.5, 0.6) is 0 Å². The second-order valence-electron chi connectivity index (χ2n) is 2.90. The van der Waals surface area contributed by atoms with E-state index in [0.717, 1.165) is 10.6 Å². The van der Waals surface area contributed by atoms with E-state index in [1.807, 2.05) is 12.1 Å². The van der Waals surface area contributed by atoms with Crippen LogP contribution in [0.2, 0.25) is 0 Å². The van der Waals surface area contributed by atoms with Crippen LogP contribution in [0.15, 0.2) is 28.5 Å². The van der Waals surface area contributed by atoms with E-state index >= 15 is 0 Å². The van der Waals surface area contributed by atoms with Gasteiger partial charge in [-0.3, -0.25) is 0 Å². The summed E-state index contributed by atoms with van der Waals surface area (Å²) >= 11 is 1.58. The van der Waals surface area contributed by atoms with Gasteiger partial charge in [-0.1, -0.05) is 22.6 Å². The average molecular weight is 206 g/mol. The lowest BCUT2D eigenvalue weighted by Crippen LogP contribution is -1.83. The number of aryl methyl sites for hydroxylation is 1. The molecule has 0 unspecified atom stereocenters. The first-order valence-electron chi connectivity index (χ1n) is 4.21. The molecule has 0 spiro atoms. The van der Waals surface area contributed by atoms with Gasteiger partial charge >= 0.3 is 0 Å². The van der Waals surface area contributed by atoms with Crippen LogP contribution in [0.1, 0.15) is 5.56 Å². The lowest BCUT2D eigenvalue weighted by atomic mass is 10.2. The summed E-state index contributed by atoms with van der Waals surface area (Å²) in [5.41, 5.74) is 5.00. The van der Waals surface area contributed by atoms with E-state index in [9.17, 15) is 0 Å². The SMILES string of the molecule is CN=NNc1nc2ccc(C)cc2s1. The number of anilines is 1. The lowest BCUT2D eigenvalue weighted by molar-refractivity contribution is 1.08. The molecule has 1 aromatic carbocycles. The quantitative estimate of drug-likeness (QED) is 0.606. The molecule has 0 saturated carbocycles. The summed E-state index contributed by atoms with van der Waals surface area (Å²) in [7, 11) is 1.62. The summed E-state index contributed by atoms with van der Waals surface area (Å²) < 4.78 is 1.17. The normalized spacial score (nSPS) is 11.3. The van der Waals surface area contributed by atoms with Crippen LogP contribution in [0.4, 0.5) is 5.13 Å². The van der Waals surface area contributed by atoms with Crippen LogP contribution in [0.25, 0.3) is 10.2 Å². The minimum absolute atomic E-state index is 0.774. The van der Waals surface area contributed by atoms with E-state index < -0.39 is 0 Å². The summed E-state index contributed by atoms with van der Waals surface area (Å²) in [6, 6.07) is 6.17. The van der Waals surface area contributed by atoms with Crippen molar-refractivity contribution in [1.29, 1.82) is 0 Å². The first kappa shape index (κ1) is 9.08. The molecule has 5 heteroatoms. The third-order valence-electron chi connectivity index (χ3n) is 1.79. The second kappa shape index (κ2) is 3.71. The summed E-state index contributed by atoms with van der Waals surface area (Å²) in [6.45, 7) is 2.07. The van der Waals surface area contributed by atoms with Crippen molar-refractivity contribution in [2.24, 2.45) is 10.3 Å². The number of hydrogen-bond donors (Lipinski definition) is 1. The molecule has 0 radical (unpaired) electrons. The lowest BCUT2D eigenvalue weighted by Gasteiger charge is -1.88. The summed E-state index contributed by atoms with van der Waals surface area (Å²) in [4.78, 5) is 4.35. The Morgan fingerprint density at radius 1 is 1.43 bits per heavy atom. The van der Waals surface area contributed by atoms with Crippen molar-refractivity contribution in [3.05, 3.63) is 23.8 Å². The minimum Gasteiger partial charge on any atom is -0.234 e. The van der Waals surface area contributed by atoms with Gasteiger partial charge in [-0.25, -0.2) is 10.4 Å². The molecule has 0 aliphatic rings. The third-order valence-corrected chi connectivity index (χ3v) is 2.71. The molecule has 2 aromatic rings. The number of hydrogen-bond acceptors (Lipinski definition) is 4. The maximum Gasteiger partial charge on any atom is 0.205 e. The zero-order valence-electron chi connectivity index (χ0n) is 7.98. The summed E-state index contributed by atoms with van der Waals surface area (Å²) in [6.07, 6.45) is 0. The topological polar surface area (TPSA) is 49.6 Å². The smallest absolute Gasteiger partial charge is 0.205 e. The number of nitrogens with one attached hydrogen (secondary N) is 1. The Kier molecular flexibility index (Phi) is 2.41. The van der Waals surface area contributed by atoms with Gasteiger partial charge in [-0.05, 0) is 24.6 Å². The molecule has 4 nitrogen and oxygen atoms in total. The van der Waals surface area contributed by atoms with E-state index in [0.29, 0.717) is 0 Å². The highest BCUT2D eigenvalue weighted by Gasteiger charge is 2.02. The Morgan fingerprint density at radius 3 is 3.07 bits per heavy atom. The Hall–Kier alpha value is -1.49. The molecular formula is C9H10N4S. The molecule has 0 atom stereocenters. The van der Waals surface area contributed by atoms with Gasteiger partial charge in [0.2, 0.25) is 5.13 Å². The van der Waals surface area contributed by atoms with E-state index in [1.54, 1.807) is 18.4 Å². The van der Waals surface area contributed by atoms with Crippen molar-refractivity contribution in [2.45, 2.75) is 6.92 Å². The largest absolute Gasteiger partial charge is 0.234 e. The van der Waals surface area contributed by atoms with Crippen molar-refractivity contribution in [2.75, 3.05) is 12.5 Å². The van der Waals surface area contributed by atoms with Crippen molar-refractivity contribution in [3.8, 4) is 0 Å². The Labute approximate surface area is 85.7 Å². The molecule has 0 amide bonds. The predicted octanol–water partition coefficient (Wildman–Crippen LogP) is 3.01. The number of fused-ring (bicyclic) bond motifs is 1. The van der Waals surface area contributed by atoms with E-state index in [2.05, 4.69) is 33.7 Å². The molecule has 0 aliphatic carbocycles. The molecule has 14 heavy (non-hydrogen) atoms. The number of benzene rings is 1. The van der Waals surface area contributed by atoms with Crippen molar-refractivity contribution < 1.29 is 0 Å². The molecule has 72 valence electrons. The second-order valence-corrected chi connectivity index (χ2v) is 3.93. The highest BCUT2D eigenvalue weighted by atomic mass is 32.1. The summed E-state index contributed by atoms with van der Waals surface area (Å²) in [5.74, 6) is 0. The molecule has 0 bridgehead atoms. The third kappa shape index (κ3) is 1.72. The van der Waals surface area contributed by atoms with Gasteiger partial charge < -0.3 is 0 Å². The average Bonchev–Trinajstić information content (AvgIpc) is 2.56. The standard InChI is InChI=1S/C9H10N4S/c1-6-3-4-7-8(5-6)14-9(11-7)12-13-10-2/h3-5H,1-2H3,(H,10,11,12). The summed E-state index contributed by atoms with van der Waals surface area (Å²) in [5, 5.41) is 8.06. The van der Waals surface area contributed by atoms with E-state index in [-0.39, 0.29) is 0 Å². The van der Waals surface area contributed by atoms with Crippen LogP contribution >= 0.6 is 11.3 Å². The highest BCUT2D eigenvalue weighted by molar-refractivity contribution is 7.22. The monoisotopic (exact) mass is 206 g/mol. The van der Waals surface area contributed by atoms with Crippen LogP contribution in [-0.4, -0.2) is 12.0 Å². The van der Waals surface area contributed by atoms with Crippen molar-refractivity contribution in [3.63, 3.8) is 0 Å². The predicted molar refractivity (Wildman–Crippen MR) is 58.8 cm³/mol. The van der Waals surface area contributed by atoms with Gasteiger partial charge in [0.1, 0.15) is 0 Å². The molecule has 1 heterocycles. The molecule has 0 aliphatic heterocycles.